The molecule has 0 fully saturated rings. The quantitative estimate of drug-likeness (QED) is 0.832. The molecule has 1 aliphatic carbocycles. The van der Waals surface area contributed by atoms with E-state index in [1.807, 2.05) is 13.1 Å². The van der Waals surface area contributed by atoms with E-state index in [4.69, 9.17) is 5.73 Å². The average molecular weight is 247 g/mol. The first-order valence-corrected chi connectivity index (χ1v) is 6.50. The predicted octanol–water partition coefficient (Wildman–Crippen LogP) is 1.59. The number of hydrogen-bond donors (Lipinski definition) is 1. The minimum atomic E-state index is -0.185. The standard InChI is InChI=1S/C12H13N3OS/c1-6-14-5-9-8-3-2-7(11(13)16)4-10(8)17-12(9)15-6/h5,7H,2-4H2,1H3,(H2,13,16). The zero-order chi connectivity index (χ0) is 12.0. The summed E-state index contributed by atoms with van der Waals surface area (Å²) in [5, 5.41) is 1.15. The molecule has 0 saturated carbocycles. The van der Waals surface area contributed by atoms with Gasteiger partial charge in [-0.25, -0.2) is 9.97 Å². The maximum absolute atomic E-state index is 11.2. The van der Waals surface area contributed by atoms with Gasteiger partial charge in [0.05, 0.1) is 0 Å². The van der Waals surface area contributed by atoms with Crippen molar-refractivity contribution >= 4 is 27.5 Å². The van der Waals surface area contributed by atoms with Crippen LogP contribution in [-0.4, -0.2) is 15.9 Å². The summed E-state index contributed by atoms with van der Waals surface area (Å²) in [6.45, 7) is 1.89. The van der Waals surface area contributed by atoms with Crippen molar-refractivity contribution < 1.29 is 4.79 Å². The fraction of sp³-hybridized carbons (Fsp3) is 0.417. The molecule has 0 aliphatic heterocycles. The van der Waals surface area contributed by atoms with Gasteiger partial charge in [0.15, 0.2) is 0 Å². The van der Waals surface area contributed by atoms with Gasteiger partial charge in [0, 0.05) is 22.4 Å². The molecule has 4 nitrogen and oxygen atoms in total. The summed E-state index contributed by atoms with van der Waals surface area (Å²) in [6.07, 6.45) is 4.43. The molecule has 0 spiro atoms. The number of rotatable bonds is 1. The van der Waals surface area contributed by atoms with E-state index in [0.29, 0.717) is 0 Å². The first-order valence-electron chi connectivity index (χ1n) is 5.68. The first-order chi connectivity index (χ1) is 8.15. The molecule has 1 unspecified atom stereocenters. The van der Waals surface area contributed by atoms with Gasteiger partial charge in [0.2, 0.25) is 5.91 Å². The Hall–Kier alpha value is -1.49. The molecule has 2 aromatic rings. The maximum Gasteiger partial charge on any atom is 0.220 e. The van der Waals surface area contributed by atoms with Crippen LogP contribution in [0, 0.1) is 12.8 Å². The number of fused-ring (bicyclic) bond motifs is 3. The molecule has 2 aromatic heterocycles. The molecule has 0 saturated heterocycles. The fourth-order valence-corrected chi connectivity index (χ4v) is 3.71. The second-order valence-corrected chi connectivity index (χ2v) is 5.57. The van der Waals surface area contributed by atoms with Crippen LogP contribution in [0.5, 0.6) is 0 Å². The summed E-state index contributed by atoms with van der Waals surface area (Å²) in [6, 6.07) is 0. The van der Waals surface area contributed by atoms with E-state index in [0.717, 1.165) is 35.3 Å². The SMILES string of the molecule is Cc1ncc2c3c(sc2n1)CC(C(N)=O)CC3. The highest BCUT2D eigenvalue weighted by Gasteiger charge is 2.26. The van der Waals surface area contributed by atoms with Gasteiger partial charge in [-0.05, 0) is 31.7 Å². The summed E-state index contributed by atoms with van der Waals surface area (Å²) < 4.78 is 0. The largest absolute Gasteiger partial charge is 0.369 e. The highest BCUT2D eigenvalue weighted by atomic mass is 32.1. The number of carbonyl (C=O) groups excluding carboxylic acids is 1. The monoisotopic (exact) mass is 247 g/mol. The second-order valence-electron chi connectivity index (χ2n) is 4.48. The van der Waals surface area contributed by atoms with E-state index in [1.54, 1.807) is 11.3 Å². The third kappa shape index (κ3) is 1.70. The van der Waals surface area contributed by atoms with Gasteiger partial charge in [-0.2, -0.15) is 0 Å². The molecule has 1 amide bonds. The summed E-state index contributed by atoms with van der Waals surface area (Å²) in [5.41, 5.74) is 6.70. The second kappa shape index (κ2) is 3.77. The molecule has 88 valence electrons. The van der Waals surface area contributed by atoms with Crippen molar-refractivity contribution in [1.82, 2.24) is 9.97 Å². The van der Waals surface area contributed by atoms with Crippen molar-refractivity contribution in [3.8, 4) is 0 Å². The van der Waals surface area contributed by atoms with Crippen LogP contribution >= 0.6 is 11.3 Å². The minimum absolute atomic E-state index is 0.00961. The van der Waals surface area contributed by atoms with Crippen molar-refractivity contribution in [3.05, 3.63) is 22.5 Å². The molecule has 5 heteroatoms. The summed E-state index contributed by atoms with van der Waals surface area (Å²) >= 11 is 1.68. The Morgan fingerprint density at radius 1 is 1.59 bits per heavy atom. The highest BCUT2D eigenvalue weighted by molar-refractivity contribution is 7.18. The lowest BCUT2D eigenvalue weighted by Crippen LogP contribution is -2.27. The number of aromatic nitrogens is 2. The van der Waals surface area contributed by atoms with E-state index in [-0.39, 0.29) is 11.8 Å². The predicted molar refractivity (Wildman–Crippen MR) is 66.9 cm³/mol. The Bertz CT molecular complexity index is 605. The van der Waals surface area contributed by atoms with Crippen LogP contribution in [-0.2, 0) is 17.6 Å². The molecule has 0 bridgehead atoms. The molecule has 2 heterocycles. The normalized spacial score (nSPS) is 19.2. The molecular formula is C12H13N3OS. The fourth-order valence-electron chi connectivity index (χ4n) is 2.39. The van der Waals surface area contributed by atoms with Gasteiger partial charge < -0.3 is 5.73 Å². The van der Waals surface area contributed by atoms with Gasteiger partial charge >= 0.3 is 0 Å². The summed E-state index contributed by atoms with van der Waals surface area (Å²) in [4.78, 5) is 22.2. The van der Waals surface area contributed by atoms with E-state index < -0.39 is 0 Å². The topological polar surface area (TPSA) is 68.9 Å². The average Bonchev–Trinajstić information content (AvgIpc) is 2.64. The van der Waals surface area contributed by atoms with Gasteiger partial charge in [0.25, 0.3) is 0 Å². The molecule has 3 rings (SSSR count). The Morgan fingerprint density at radius 3 is 3.18 bits per heavy atom. The Morgan fingerprint density at radius 2 is 2.41 bits per heavy atom. The maximum atomic E-state index is 11.2. The number of nitrogens with two attached hydrogens (primary N) is 1. The summed E-state index contributed by atoms with van der Waals surface area (Å²) in [7, 11) is 0. The Kier molecular flexibility index (Phi) is 2.36. The number of nitrogens with zero attached hydrogens (tertiary/aromatic N) is 2. The van der Waals surface area contributed by atoms with Crippen molar-refractivity contribution in [2.75, 3.05) is 0 Å². The van der Waals surface area contributed by atoms with Crippen LogP contribution in [0.4, 0.5) is 0 Å². The van der Waals surface area contributed by atoms with Crippen LogP contribution in [0.15, 0.2) is 6.20 Å². The third-order valence-corrected chi connectivity index (χ3v) is 4.50. The molecule has 0 aromatic carbocycles. The van der Waals surface area contributed by atoms with Gasteiger partial charge in [-0.15, -0.1) is 11.3 Å². The van der Waals surface area contributed by atoms with Crippen LogP contribution < -0.4 is 5.73 Å². The van der Waals surface area contributed by atoms with E-state index >= 15 is 0 Å². The van der Waals surface area contributed by atoms with Gasteiger partial charge in [-0.3, -0.25) is 4.79 Å². The number of primary amides is 1. The third-order valence-electron chi connectivity index (χ3n) is 3.33. The molecule has 17 heavy (non-hydrogen) atoms. The van der Waals surface area contributed by atoms with Crippen molar-refractivity contribution in [1.29, 1.82) is 0 Å². The lowest BCUT2D eigenvalue weighted by atomic mass is 9.87. The number of amides is 1. The molecule has 0 radical (unpaired) electrons. The van der Waals surface area contributed by atoms with Gasteiger partial charge in [-0.1, -0.05) is 0 Å². The Balaban J connectivity index is 2.09. The van der Waals surface area contributed by atoms with Crippen LogP contribution in [0.25, 0.3) is 10.2 Å². The van der Waals surface area contributed by atoms with Crippen molar-refractivity contribution in [2.45, 2.75) is 26.2 Å². The molecule has 1 aliphatic rings. The number of hydrogen-bond acceptors (Lipinski definition) is 4. The minimum Gasteiger partial charge on any atom is -0.369 e. The highest BCUT2D eigenvalue weighted by Crippen LogP contribution is 2.36. The number of thiophene rings is 1. The van der Waals surface area contributed by atoms with E-state index in [2.05, 4.69) is 9.97 Å². The molecular weight excluding hydrogens is 234 g/mol. The van der Waals surface area contributed by atoms with Gasteiger partial charge in [0.1, 0.15) is 10.7 Å². The van der Waals surface area contributed by atoms with Crippen LogP contribution in [0.2, 0.25) is 0 Å². The number of carbonyl (C=O) groups is 1. The van der Waals surface area contributed by atoms with Crippen LogP contribution in [0.3, 0.4) is 0 Å². The lowest BCUT2D eigenvalue weighted by Gasteiger charge is -2.18. The van der Waals surface area contributed by atoms with E-state index in [9.17, 15) is 4.79 Å². The molecule has 1 atom stereocenters. The van der Waals surface area contributed by atoms with E-state index in [1.165, 1.54) is 10.4 Å². The zero-order valence-corrected chi connectivity index (χ0v) is 10.4. The van der Waals surface area contributed by atoms with Crippen LogP contribution in [0.1, 0.15) is 22.7 Å². The lowest BCUT2D eigenvalue weighted by molar-refractivity contribution is -0.122. The summed E-state index contributed by atoms with van der Waals surface area (Å²) in [5.74, 6) is 0.600. The van der Waals surface area contributed by atoms with Crippen molar-refractivity contribution in [2.24, 2.45) is 11.7 Å². The first kappa shape index (κ1) is 10.7. The number of aryl methyl sites for hydroxylation is 2. The Labute approximate surface area is 103 Å². The zero-order valence-electron chi connectivity index (χ0n) is 9.56. The molecule has 2 N–H and O–H groups in total. The smallest absolute Gasteiger partial charge is 0.220 e. The van der Waals surface area contributed by atoms with Crippen molar-refractivity contribution in [3.63, 3.8) is 0 Å².